The minimum absolute atomic E-state index is 0.208. The van der Waals surface area contributed by atoms with Crippen LogP contribution in [0.5, 0.6) is 0 Å². The highest BCUT2D eigenvalue weighted by Gasteiger charge is 2.19. The van der Waals surface area contributed by atoms with Gasteiger partial charge in [0.1, 0.15) is 0 Å². The zero-order valence-electron chi connectivity index (χ0n) is 14.6. The van der Waals surface area contributed by atoms with Crippen molar-refractivity contribution in [3.05, 3.63) is 11.9 Å². The van der Waals surface area contributed by atoms with Gasteiger partial charge >= 0.3 is 0 Å². The Hall–Kier alpha value is -1.07. The molecule has 1 N–H and O–H groups in total. The minimum atomic E-state index is 0.208. The Morgan fingerprint density at radius 2 is 2.10 bits per heavy atom. The molecule has 21 heavy (non-hydrogen) atoms. The number of nitrogens with one attached hydrogen (secondary N) is 1. The van der Waals surface area contributed by atoms with E-state index in [0.717, 1.165) is 50.9 Å². The molecule has 0 fully saturated rings. The summed E-state index contributed by atoms with van der Waals surface area (Å²) in [6, 6.07) is 0. The van der Waals surface area contributed by atoms with E-state index in [1.54, 1.807) is 0 Å². The van der Waals surface area contributed by atoms with Gasteiger partial charge in [-0.2, -0.15) is 0 Å². The van der Waals surface area contributed by atoms with Crippen molar-refractivity contribution in [2.24, 2.45) is 5.41 Å². The number of imidazole rings is 1. The first kappa shape index (κ1) is 18.0. The SMILES string of the molecule is CCOCCCn1cc(C)nc1NCC(C)(C)CN(C)C. The zero-order valence-corrected chi connectivity index (χ0v) is 14.6. The summed E-state index contributed by atoms with van der Waals surface area (Å²) in [6.45, 7) is 13.1. The third-order valence-corrected chi connectivity index (χ3v) is 3.26. The first-order valence-electron chi connectivity index (χ1n) is 7.84. The van der Waals surface area contributed by atoms with Crippen molar-refractivity contribution in [1.29, 1.82) is 0 Å². The van der Waals surface area contributed by atoms with Crippen LogP contribution in [-0.4, -0.2) is 54.8 Å². The Bertz CT molecular complexity index is 412. The summed E-state index contributed by atoms with van der Waals surface area (Å²) in [5, 5.41) is 3.51. The van der Waals surface area contributed by atoms with Crippen molar-refractivity contribution in [2.75, 3.05) is 45.7 Å². The molecule has 0 aliphatic carbocycles. The summed E-state index contributed by atoms with van der Waals surface area (Å²) in [7, 11) is 4.22. The maximum atomic E-state index is 5.40. The van der Waals surface area contributed by atoms with E-state index in [1.807, 2.05) is 13.8 Å². The summed E-state index contributed by atoms with van der Waals surface area (Å²) in [5.74, 6) is 0.968. The number of hydrogen-bond acceptors (Lipinski definition) is 4. The molecule has 1 aromatic rings. The fourth-order valence-corrected chi connectivity index (χ4v) is 2.57. The average Bonchev–Trinajstić information content (AvgIpc) is 2.71. The van der Waals surface area contributed by atoms with Gasteiger partial charge in [-0.05, 0) is 39.8 Å². The number of rotatable bonds is 10. The number of anilines is 1. The van der Waals surface area contributed by atoms with Crippen LogP contribution in [0.4, 0.5) is 5.95 Å². The van der Waals surface area contributed by atoms with E-state index in [1.165, 1.54) is 0 Å². The molecule has 0 bridgehead atoms. The Labute approximate surface area is 129 Å². The van der Waals surface area contributed by atoms with Crippen molar-refractivity contribution in [3.8, 4) is 0 Å². The molecule has 0 aliphatic heterocycles. The third kappa shape index (κ3) is 6.96. The van der Waals surface area contributed by atoms with Crippen molar-refractivity contribution in [2.45, 2.75) is 40.7 Å². The van der Waals surface area contributed by atoms with Gasteiger partial charge in [-0.25, -0.2) is 4.98 Å². The molecule has 0 unspecified atom stereocenters. The van der Waals surface area contributed by atoms with Gasteiger partial charge in [0.15, 0.2) is 0 Å². The second kappa shape index (κ2) is 8.39. The van der Waals surface area contributed by atoms with Gasteiger partial charge in [0.2, 0.25) is 5.95 Å². The summed E-state index contributed by atoms with van der Waals surface area (Å²) in [5.41, 5.74) is 1.26. The smallest absolute Gasteiger partial charge is 0.203 e. The van der Waals surface area contributed by atoms with Crippen LogP contribution in [0.1, 0.15) is 32.9 Å². The molecule has 1 aromatic heterocycles. The van der Waals surface area contributed by atoms with Crippen molar-refractivity contribution in [3.63, 3.8) is 0 Å². The van der Waals surface area contributed by atoms with Crippen molar-refractivity contribution >= 4 is 5.95 Å². The number of hydrogen-bond donors (Lipinski definition) is 1. The highest BCUT2D eigenvalue weighted by Crippen LogP contribution is 2.18. The quantitative estimate of drug-likeness (QED) is 0.674. The molecule has 122 valence electrons. The molecule has 1 rings (SSSR count). The standard InChI is InChI=1S/C16H32N4O/c1-7-21-10-8-9-20-11-14(2)18-15(20)17-12-16(3,4)13-19(5)6/h11H,7-10,12-13H2,1-6H3,(H,17,18). The third-order valence-electron chi connectivity index (χ3n) is 3.26. The lowest BCUT2D eigenvalue weighted by Crippen LogP contribution is -2.34. The number of ether oxygens (including phenoxy) is 1. The van der Waals surface area contributed by atoms with Gasteiger partial charge < -0.3 is 19.5 Å². The zero-order chi connectivity index (χ0) is 15.9. The van der Waals surface area contributed by atoms with E-state index in [4.69, 9.17) is 4.74 Å². The van der Waals surface area contributed by atoms with Gasteiger partial charge in [-0.15, -0.1) is 0 Å². The summed E-state index contributed by atoms with van der Waals surface area (Å²) >= 11 is 0. The van der Waals surface area contributed by atoms with E-state index in [9.17, 15) is 0 Å². The molecule has 1 heterocycles. The van der Waals surface area contributed by atoms with Crippen LogP contribution in [0, 0.1) is 12.3 Å². The maximum absolute atomic E-state index is 5.40. The Balaban J connectivity index is 2.54. The lowest BCUT2D eigenvalue weighted by atomic mass is 9.93. The van der Waals surface area contributed by atoms with Crippen LogP contribution in [0.15, 0.2) is 6.20 Å². The first-order chi connectivity index (χ1) is 9.84. The molecule has 0 saturated heterocycles. The van der Waals surface area contributed by atoms with E-state index >= 15 is 0 Å². The minimum Gasteiger partial charge on any atom is -0.382 e. The van der Waals surface area contributed by atoms with Crippen LogP contribution in [-0.2, 0) is 11.3 Å². The fraction of sp³-hybridized carbons (Fsp3) is 0.812. The monoisotopic (exact) mass is 296 g/mol. The normalized spacial score (nSPS) is 12.1. The van der Waals surface area contributed by atoms with E-state index in [-0.39, 0.29) is 5.41 Å². The molecule has 0 aliphatic rings. The summed E-state index contributed by atoms with van der Waals surface area (Å²) < 4.78 is 7.59. The predicted octanol–water partition coefficient (Wildman–Crippen LogP) is 2.62. The van der Waals surface area contributed by atoms with Gasteiger partial charge in [-0.1, -0.05) is 13.8 Å². The Morgan fingerprint density at radius 3 is 2.71 bits per heavy atom. The largest absolute Gasteiger partial charge is 0.382 e. The molecule has 0 atom stereocenters. The highest BCUT2D eigenvalue weighted by atomic mass is 16.5. The lowest BCUT2D eigenvalue weighted by molar-refractivity contribution is 0.142. The van der Waals surface area contributed by atoms with Gasteiger partial charge in [-0.3, -0.25) is 0 Å². The molecule has 0 saturated carbocycles. The molecular formula is C16H32N4O. The topological polar surface area (TPSA) is 42.3 Å². The van der Waals surface area contributed by atoms with Crippen LogP contribution in [0.3, 0.4) is 0 Å². The molecule has 5 nitrogen and oxygen atoms in total. The maximum Gasteiger partial charge on any atom is 0.203 e. The summed E-state index contributed by atoms with van der Waals surface area (Å²) in [4.78, 5) is 6.81. The fourth-order valence-electron chi connectivity index (χ4n) is 2.57. The van der Waals surface area contributed by atoms with Crippen LogP contribution in [0.25, 0.3) is 0 Å². The molecule has 0 spiro atoms. The van der Waals surface area contributed by atoms with Crippen LogP contribution < -0.4 is 5.32 Å². The van der Waals surface area contributed by atoms with E-state index in [0.29, 0.717) is 0 Å². The average molecular weight is 296 g/mol. The van der Waals surface area contributed by atoms with Gasteiger partial charge in [0.05, 0.1) is 5.69 Å². The molecule has 5 heteroatoms. The van der Waals surface area contributed by atoms with Crippen molar-refractivity contribution in [1.82, 2.24) is 14.5 Å². The van der Waals surface area contributed by atoms with Gasteiger partial charge in [0.25, 0.3) is 0 Å². The van der Waals surface area contributed by atoms with Crippen LogP contribution >= 0.6 is 0 Å². The predicted molar refractivity (Wildman–Crippen MR) is 88.9 cm³/mol. The Morgan fingerprint density at radius 1 is 1.38 bits per heavy atom. The number of aryl methyl sites for hydroxylation is 2. The van der Waals surface area contributed by atoms with Crippen molar-refractivity contribution < 1.29 is 4.74 Å². The molecule has 0 radical (unpaired) electrons. The lowest BCUT2D eigenvalue weighted by Gasteiger charge is -2.28. The molecular weight excluding hydrogens is 264 g/mol. The molecule has 0 aromatic carbocycles. The summed E-state index contributed by atoms with van der Waals surface area (Å²) in [6.07, 6.45) is 3.12. The van der Waals surface area contributed by atoms with E-state index < -0.39 is 0 Å². The highest BCUT2D eigenvalue weighted by molar-refractivity contribution is 5.29. The Kier molecular flexibility index (Phi) is 7.18. The van der Waals surface area contributed by atoms with E-state index in [2.05, 4.69) is 53.9 Å². The number of aromatic nitrogens is 2. The second-order valence-electron chi connectivity index (χ2n) is 6.71. The molecule has 0 amide bonds. The van der Waals surface area contributed by atoms with Crippen LogP contribution in [0.2, 0.25) is 0 Å². The number of nitrogens with zero attached hydrogens (tertiary/aromatic N) is 3. The second-order valence-corrected chi connectivity index (χ2v) is 6.71. The van der Waals surface area contributed by atoms with Gasteiger partial charge in [0, 0.05) is 39.0 Å². The first-order valence-corrected chi connectivity index (χ1v) is 7.84.